The standard InChI is InChI=1S/C11H22O2Si/c1-6-7-8-9-10(12)13-11(9,2)14(3,4)5/h12H,6-8H2,1-5H3. The van der Waals surface area contributed by atoms with Crippen LogP contribution in [0.15, 0.2) is 11.5 Å². The third kappa shape index (κ3) is 1.70. The van der Waals surface area contributed by atoms with E-state index in [-0.39, 0.29) is 11.2 Å². The van der Waals surface area contributed by atoms with E-state index in [9.17, 15) is 5.11 Å². The van der Waals surface area contributed by atoms with Crippen LogP contribution in [0, 0.1) is 0 Å². The van der Waals surface area contributed by atoms with Crippen molar-refractivity contribution in [2.45, 2.75) is 58.0 Å². The molecule has 0 aromatic rings. The second-order valence-corrected chi connectivity index (χ2v) is 10.7. The van der Waals surface area contributed by atoms with Crippen LogP contribution in [-0.4, -0.2) is 18.4 Å². The maximum Gasteiger partial charge on any atom is 0.280 e. The maximum absolute atomic E-state index is 9.51. The summed E-state index contributed by atoms with van der Waals surface area (Å²) in [5.74, 6) is 0.198. The van der Waals surface area contributed by atoms with Gasteiger partial charge in [-0.3, -0.25) is 0 Å². The molecule has 1 heterocycles. The Morgan fingerprint density at radius 1 is 1.36 bits per heavy atom. The summed E-state index contributed by atoms with van der Waals surface area (Å²) in [7, 11) is -1.39. The quantitative estimate of drug-likeness (QED) is 0.724. The molecule has 0 fully saturated rings. The number of hydrogen-bond acceptors (Lipinski definition) is 2. The molecule has 1 unspecified atom stereocenters. The molecule has 0 saturated carbocycles. The van der Waals surface area contributed by atoms with Crippen LogP contribution in [0.3, 0.4) is 0 Å². The summed E-state index contributed by atoms with van der Waals surface area (Å²) in [6, 6.07) is 0. The van der Waals surface area contributed by atoms with Crippen molar-refractivity contribution < 1.29 is 9.84 Å². The van der Waals surface area contributed by atoms with Crippen molar-refractivity contribution in [3.63, 3.8) is 0 Å². The fraction of sp³-hybridized carbons (Fsp3) is 0.818. The van der Waals surface area contributed by atoms with Gasteiger partial charge in [0, 0.05) is 5.57 Å². The molecule has 0 radical (unpaired) electrons. The van der Waals surface area contributed by atoms with Crippen LogP contribution in [0.4, 0.5) is 0 Å². The third-order valence-electron chi connectivity index (χ3n) is 3.35. The second kappa shape index (κ2) is 3.61. The van der Waals surface area contributed by atoms with Gasteiger partial charge >= 0.3 is 0 Å². The van der Waals surface area contributed by atoms with Crippen LogP contribution in [0.1, 0.15) is 33.1 Å². The number of ether oxygens (including phenoxy) is 1. The number of unbranched alkanes of at least 4 members (excludes halogenated alkanes) is 1. The highest BCUT2D eigenvalue weighted by molar-refractivity contribution is 6.79. The van der Waals surface area contributed by atoms with Crippen molar-refractivity contribution >= 4 is 8.07 Å². The van der Waals surface area contributed by atoms with Crippen molar-refractivity contribution in [2.75, 3.05) is 0 Å². The van der Waals surface area contributed by atoms with Crippen LogP contribution in [0.25, 0.3) is 0 Å². The molecule has 0 aromatic carbocycles. The van der Waals surface area contributed by atoms with Gasteiger partial charge in [-0.2, -0.15) is 0 Å². The molecule has 1 rings (SSSR count). The van der Waals surface area contributed by atoms with Gasteiger partial charge in [-0.15, -0.1) is 0 Å². The maximum atomic E-state index is 9.51. The number of aliphatic hydroxyl groups is 1. The van der Waals surface area contributed by atoms with E-state index < -0.39 is 8.07 Å². The lowest BCUT2D eigenvalue weighted by molar-refractivity contribution is -0.0358. The van der Waals surface area contributed by atoms with E-state index in [4.69, 9.17) is 4.74 Å². The van der Waals surface area contributed by atoms with E-state index in [1.807, 2.05) is 0 Å². The van der Waals surface area contributed by atoms with Gasteiger partial charge in [0.2, 0.25) is 0 Å². The first kappa shape index (κ1) is 11.6. The topological polar surface area (TPSA) is 29.5 Å². The second-order valence-electron chi connectivity index (χ2n) is 5.27. The molecule has 2 nitrogen and oxygen atoms in total. The van der Waals surface area contributed by atoms with Crippen molar-refractivity contribution in [1.82, 2.24) is 0 Å². The molecule has 0 bridgehead atoms. The Hall–Kier alpha value is -0.443. The normalized spacial score (nSPS) is 27.2. The van der Waals surface area contributed by atoms with Crippen LogP contribution >= 0.6 is 0 Å². The fourth-order valence-corrected chi connectivity index (χ4v) is 3.32. The van der Waals surface area contributed by atoms with Gasteiger partial charge in [0.25, 0.3) is 5.95 Å². The Balaban J connectivity index is 2.78. The molecule has 0 aromatic heterocycles. The predicted octanol–water partition coefficient (Wildman–Crippen LogP) is 3.61. The molecular formula is C11H22O2Si. The summed E-state index contributed by atoms with van der Waals surface area (Å²) >= 11 is 0. The Kier molecular flexibility index (Phi) is 3.00. The highest BCUT2D eigenvalue weighted by Gasteiger charge is 2.52. The smallest absolute Gasteiger partial charge is 0.280 e. The zero-order chi connectivity index (χ0) is 11.0. The van der Waals surface area contributed by atoms with Gasteiger partial charge in [0.15, 0.2) is 0 Å². The van der Waals surface area contributed by atoms with Crippen molar-refractivity contribution in [3.8, 4) is 0 Å². The van der Waals surface area contributed by atoms with E-state index in [0.29, 0.717) is 0 Å². The van der Waals surface area contributed by atoms with E-state index in [2.05, 4.69) is 33.5 Å². The molecule has 3 heteroatoms. The molecule has 82 valence electrons. The van der Waals surface area contributed by atoms with E-state index >= 15 is 0 Å². The van der Waals surface area contributed by atoms with Gasteiger partial charge in [-0.25, -0.2) is 0 Å². The average molecular weight is 214 g/mol. The van der Waals surface area contributed by atoms with Gasteiger partial charge in [0.05, 0.1) is 0 Å². The largest absolute Gasteiger partial charge is 0.481 e. The summed E-state index contributed by atoms with van der Waals surface area (Å²) in [6.45, 7) is 11.1. The van der Waals surface area contributed by atoms with Gasteiger partial charge < -0.3 is 9.84 Å². The summed E-state index contributed by atoms with van der Waals surface area (Å²) in [4.78, 5) is 0. The fourth-order valence-electron chi connectivity index (χ4n) is 1.78. The minimum atomic E-state index is -1.39. The lowest BCUT2D eigenvalue weighted by Crippen LogP contribution is -2.58. The summed E-state index contributed by atoms with van der Waals surface area (Å²) in [5, 5.41) is 9.38. The average Bonchev–Trinajstić information content (AvgIpc) is 2.02. The Bertz CT molecular complexity index is 253. The minimum Gasteiger partial charge on any atom is -0.481 e. The highest BCUT2D eigenvalue weighted by Crippen LogP contribution is 2.45. The number of rotatable bonds is 4. The lowest BCUT2D eigenvalue weighted by atomic mass is 10.0. The number of hydrogen-bond donors (Lipinski definition) is 1. The molecule has 0 spiro atoms. The lowest BCUT2D eigenvalue weighted by Gasteiger charge is -2.48. The van der Waals surface area contributed by atoms with E-state index in [0.717, 1.165) is 18.4 Å². The first-order chi connectivity index (χ1) is 6.33. The Morgan fingerprint density at radius 2 is 1.93 bits per heavy atom. The number of aliphatic hydroxyl groups excluding tert-OH is 1. The molecule has 0 amide bonds. The molecule has 1 atom stereocenters. The summed E-state index contributed by atoms with van der Waals surface area (Å²) in [5.41, 5.74) is 1.15. The summed E-state index contributed by atoms with van der Waals surface area (Å²) < 4.78 is 5.50. The highest BCUT2D eigenvalue weighted by atomic mass is 28.3. The SMILES string of the molecule is CCCCC1=C(O)OC1(C)[Si](C)(C)C. The van der Waals surface area contributed by atoms with Crippen LogP contribution < -0.4 is 0 Å². The monoisotopic (exact) mass is 214 g/mol. The van der Waals surface area contributed by atoms with Crippen molar-refractivity contribution in [1.29, 1.82) is 0 Å². The Morgan fingerprint density at radius 3 is 2.29 bits per heavy atom. The van der Waals surface area contributed by atoms with Crippen LogP contribution in [-0.2, 0) is 4.74 Å². The minimum absolute atomic E-state index is 0.133. The Labute approximate surface area is 88.0 Å². The van der Waals surface area contributed by atoms with Crippen molar-refractivity contribution in [3.05, 3.63) is 11.5 Å². The van der Waals surface area contributed by atoms with Crippen LogP contribution in [0.2, 0.25) is 19.6 Å². The molecule has 1 aliphatic rings. The van der Waals surface area contributed by atoms with E-state index in [1.54, 1.807) is 0 Å². The molecule has 1 N–H and O–H groups in total. The predicted molar refractivity (Wildman–Crippen MR) is 62.0 cm³/mol. The molecular weight excluding hydrogens is 192 g/mol. The van der Waals surface area contributed by atoms with Crippen LogP contribution in [0.5, 0.6) is 0 Å². The molecule has 0 saturated heterocycles. The zero-order valence-corrected chi connectivity index (χ0v) is 11.0. The van der Waals surface area contributed by atoms with Gasteiger partial charge in [-0.05, 0) is 19.8 Å². The van der Waals surface area contributed by atoms with Crippen molar-refractivity contribution in [2.24, 2.45) is 0 Å². The first-order valence-corrected chi connectivity index (χ1v) is 8.94. The van der Waals surface area contributed by atoms with Gasteiger partial charge in [-0.1, -0.05) is 33.0 Å². The molecule has 14 heavy (non-hydrogen) atoms. The first-order valence-electron chi connectivity index (χ1n) is 5.44. The third-order valence-corrected chi connectivity index (χ3v) is 6.61. The molecule has 0 aliphatic carbocycles. The zero-order valence-electron chi connectivity index (χ0n) is 9.98. The van der Waals surface area contributed by atoms with Gasteiger partial charge in [0.1, 0.15) is 13.3 Å². The summed E-state index contributed by atoms with van der Waals surface area (Å²) in [6.07, 6.45) is 3.30. The van der Waals surface area contributed by atoms with E-state index in [1.165, 1.54) is 6.42 Å². The molecule has 1 aliphatic heterocycles.